The van der Waals surface area contributed by atoms with E-state index in [1.54, 1.807) is 7.11 Å². The van der Waals surface area contributed by atoms with Crippen LogP contribution in [0.2, 0.25) is 0 Å². The largest absolute Gasteiger partial charge is 0.489 e. The number of hydrogen-bond acceptors (Lipinski definition) is 3. The van der Waals surface area contributed by atoms with Crippen molar-refractivity contribution >= 4 is 23.3 Å². The molecule has 1 aromatic carbocycles. The average molecular weight is 294 g/mol. The van der Waals surface area contributed by atoms with Gasteiger partial charge in [0.15, 0.2) is 4.77 Å². The van der Waals surface area contributed by atoms with Gasteiger partial charge in [-0.2, -0.15) is 0 Å². The number of H-pyrrole nitrogens is 1. The van der Waals surface area contributed by atoms with E-state index >= 15 is 0 Å². The zero-order chi connectivity index (χ0) is 14.5. The van der Waals surface area contributed by atoms with E-state index in [0.717, 1.165) is 47.5 Å². The van der Waals surface area contributed by atoms with Crippen LogP contribution >= 0.6 is 12.2 Å². The molecule has 0 aliphatic carbocycles. The van der Waals surface area contributed by atoms with Crippen LogP contribution < -0.4 is 4.74 Å². The van der Waals surface area contributed by atoms with E-state index in [4.69, 9.17) is 21.7 Å². The SMILES string of the molecule is COCCCCn1c(=S)[nH]c2c(OC(C)C)cccc21. The minimum atomic E-state index is 0.146. The fraction of sp³-hybridized carbons (Fsp3) is 0.533. The van der Waals surface area contributed by atoms with Crippen LogP contribution in [0.1, 0.15) is 26.7 Å². The number of unbranched alkanes of at least 4 members (excludes halogenated alkanes) is 1. The summed E-state index contributed by atoms with van der Waals surface area (Å²) in [4.78, 5) is 3.26. The number of methoxy groups -OCH3 is 1. The fourth-order valence-corrected chi connectivity index (χ4v) is 2.54. The van der Waals surface area contributed by atoms with Crippen molar-refractivity contribution in [3.8, 4) is 5.75 Å². The number of nitrogens with one attached hydrogen (secondary N) is 1. The van der Waals surface area contributed by atoms with E-state index in [1.807, 2.05) is 26.0 Å². The van der Waals surface area contributed by atoms with Crippen LogP contribution in [0.4, 0.5) is 0 Å². The molecule has 0 saturated heterocycles. The van der Waals surface area contributed by atoms with Crippen LogP contribution in [0.25, 0.3) is 11.0 Å². The number of aromatic nitrogens is 2. The molecule has 0 fully saturated rings. The molecule has 0 unspecified atom stereocenters. The predicted octanol–water partition coefficient (Wildman–Crippen LogP) is 3.91. The van der Waals surface area contributed by atoms with Crippen molar-refractivity contribution in [1.29, 1.82) is 0 Å². The molecule has 0 atom stereocenters. The van der Waals surface area contributed by atoms with Crippen LogP contribution in [0, 0.1) is 4.77 Å². The second kappa shape index (κ2) is 6.90. The molecule has 0 spiro atoms. The zero-order valence-electron chi connectivity index (χ0n) is 12.3. The van der Waals surface area contributed by atoms with Crippen LogP contribution in [0.5, 0.6) is 5.75 Å². The number of benzene rings is 1. The number of imidazole rings is 1. The highest BCUT2D eigenvalue weighted by molar-refractivity contribution is 7.71. The fourth-order valence-electron chi connectivity index (χ4n) is 2.24. The number of nitrogens with zero attached hydrogens (tertiary/aromatic N) is 1. The molecule has 5 heteroatoms. The first-order valence-electron chi connectivity index (χ1n) is 7.00. The van der Waals surface area contributed by atoms with Gasteiger partial charge in [-0.25, -0.2) is 0 Å². The summed E-state index contributed by atoms with van der Waals surface area (Å²) in [6, 6.07) is 6.06. The van der Waals surface area contributed by atoms with Gasteiger partial charge in [-0.1, -0.05) is 6.07 Å². The second-order valence-corrected chi connectivity index (χ2v) is 5.49. The average Bonchev–Trinajstić information content (AvgIpc) is 2.72. The molecule has 0 saturated carbocycles. The lowest BCUT2D eigenvalue weighted by atomic mass is 10.2. The Balaban J connectivity index is 2.27. The van der Waals surface area contributed by atoms with Gasteiger partial charge in [0.1, 0.15) is 11.3 Å². The Bertz CT molecular complexity index is 616. The van der Waals surface area contributed by atoms with Gasteiger partial charge in [-0.05, 0) is 51.0 Å². The molecule has 1 N–H and O–H groups in total. The topological polar surface area (TPSA) is 39.2 Å². The lowest BCUT2D eigenvalue weighted by Gasteiger charge is -2.10. The summed E-state index contributed by atoms with van der Waals surface area (Å²) in [6.07, 6.45) is 2.23. The van der Waals surface area contributed by atoms with Gasteiger partial charge in [-0.15, -0.1) is 0 Å². The Morgan fingerprint density at radius 1 is 1.30 bits per heavy atom. The van der Waals surface area contributed by atoms with Gasteiger partial charge < -0.3 is 19.0 Å². The van der Waals surface area contributed by atoms with E-state index in [0.29, 0.717) is 0 Å². The van der Waals surface area contributed by atoms with Gasteiger partial charge >= 0.3 is 0 Å². The Labute approximate surface area is 124 Å². The Kier molecular flexibility index (Phi) is 5.20. The van der Waals surface area contributed by atoms with Gasteiger partial charge in [0, 0.05) is 20.3 Å². The first-order chi connectivity index (χ1) is 9.63. The number of aromatic amines is 1. The molecule has 2 rings (SSSR count). The number of ether oxygens (including phenoxy) is 2. The van der Waals surface area contributed by atoms with Crippen LogP contribution in [0.3, 0.4) is 0 Å². The van der Waals surface area contributed by atoms with E-state index in [2.05, 4.69) is 15.6 Å². The maximum Gasteiger partial charge on any atom is 0.178 e. The minimum absolute atomic E-state index is 0.146. The van der Waals surface area contributed by atoms with Crippen molar-refractivity contribution in [3.05, 3.63) is 23.0 Å². The van der Waals surface area contributed by atoms with Gasteiger partial charge in [0.2, 0.25) is 0 Å². The molecule has 0 amide bonds. The first-order valence-corrected chi connectivity index (χ1v) is 7.41. The molecule has 1 heterocycles. The summed E-state index contributed by atoms with van der Waals surface area (Å²) in [5, 5.41) is 0. The highest BCUT2D eigenvalue weighted by Gasteiger charge is 2.10. The Hall–Kier alpha value is -1.33. The van der Waals surface area contributed by atoms with Crippen molar-refractivity contribution in [2.75, 3.05) is 13.7 Å². The molecular weight excluding hydrogens is 272 g/mol. The summed E-state index contributed by atoms with van der Waals surface area (Å²) in [7, 11) is 1.73. The molecular formula is C15H22N2O2S. The van der Waals surface area contributed by atoms with E-state index in [1.165, 1.54) is 0 Å². The molecule has 110 valence electrons. The van der Waals surface area contributed by atoms with Gasteiger partial charge in [0.05, 0.1) is 11.6 Å². The summed E-state index contributed by atoms with van der Waals surface area (Å²) < 4.78 is 13.8. The summed E-state index contributed by atoms with van der Waals surface area (Å²) in [6.45, 7) is 5.73. The molecule has 0 aliphatic rings. The number of fused-ring (bicyclic) bond motifs is 1. The number of rotatable bonds is 7. The minimum Gasteiger partial charge on any atom is -0.489 e. The molecule has 0 radical (unpaired) electrons. The smallest absolute Gasteiger partial charge is 0.178 e. The number of aryl methyl sites for hydroxylation is 1. The van der Waals surface area contributed by atoms with Crippen molar-refractivity contribution in [2.24, 2.45) is 0 Å². The molecule has 2 aromatic rings. The lowest BCUT2D eigenvalue weighted by Crippen LogP contribution is -2.06. The highest BCUT2D eigenvalue weighted by Crippen LogP contribution is 2.26. The molecule has 20 heavy (non-hydrogen) atoms. The van der Waals surface area contributed by atoms with Crippen LogP contribution in [-0.4, -0.2) is 29.4 Å². The third-order valence-electron chi connectivity index (χ3n) is 3.11. The number of para-hydroxylation sites is 1. The summed E-state index contributed by atoms with van der Waals surface area (Å²) in [5.74, 6) is 0.860. The van der Waals surface area contributed by atoms with Crippen LogP contribution in [0.15, 0.2) is 18.2 Å². The maximum absolute atomic E-state index is 5.83. The third kappa shape index (κ3) is 3.41. The highest BCUT2D eigenvalue weighted by atomic mass is 32.1. The first kappa shape index (κ1) is 15.1. The second-order valence-electron chi connectivity index (χ2n) is 5.10. The quantitative estimate of drug-likeness (QED) is 0.621. The van der Waals surface area contributed by atoms with Gasteiger partial charge in [-0.3, -0.25) is 0 Å². The van der Waals surface area contributed by atoms with E-state index < -0.39 is 0 Å². The number of hydrogen-bond donors (Lipinski definition) is 1. The normalized spacial score (nSPS) is 11.4. The third-order valence-corrected chi connectivity index (χ3v) is 3.44. The predicted molar refractivity (Wildman–Crippen MR) is 84.0 cm³/mol. The summed E-state index contributed by atoms with van der Waals surface area (Å²) in [5.41, 5.74) is 2.09. The van der Waals surface area contributed by atoms with E-state index in [9.17, 15) is 0 Å². The monoisotopic (exact) mass is 294 g/mol. The molecule has 1 aromatic heterocycles. The Morgan fingerprint density at radius 2 is 2.10 bits per heavy atom. The van der Waals surface area contributed by atoms with E-state index in [-0.39, 0.29) is 6.10 Å². The van der Waals surface area contributed by atoms with Crippen molar-refractivity contribution in [1.82, 2.24) is 9.55 Å². The molecule has 0 aliphatic heterocycles. The summed E-state index contributed by atoms with van der Waals surface area (Å²) >= 11 is 5.42. The van der Waals surface area contributed by atoms with Crippen molar-refractivity contribution in [3.63, 3.8) is 0 Å². The van der Waals surface area contributed by atoms with Crippen molar-refractivity contribution in [2.45, 2.75) is 39.3 Å². The maximum atomic E-state index is 5.83. The zero-order valence-corrected chi connectivity index (χ0v) is 13.1. The lowest BCUT2D eigenvalue weighted by molar-refractivity contribution is 0.191. The van der Waals surface area contributed by atoms with Crippen LogP contribution in [-0.2, 0) is 11.3 Å². The molecule has 0 bridgehead atoms. The molecule has 4 nitrogen and oxygen atoms in total. The van der Waals surface area contributed by atoms with Crippen molar-refractivity contribution < 1.29 is 9.47 Å². The Morgan fingerprint density at radius 3 is 2.80 bits per heavy atom. The van der Waals surface area contributed by atoms with Gasteiger partial charge in [0.25, 0.3) is 0 Å². The standard InChI is InChI=1S/C15H22N2O2S/c1-11(2)19-13-8-6-7-12-14(13)16-15(20)17(12)9-4-5-10-18-3/h6-8,11H,4-5,9-10H2,1-3H3,(H,16,20).